The first-order chi connectivity index (χ1) is 11.3. The SMILES string of the molecule is Cn1ccc(Cn2nc3n(c2=O)C2C(=O)OC(C)(C)CC2CC3)n1. The van der Waals surface area contributed by atoms with Crippen LogP contribution in [0, 0.1) is 5.92 Å². The summed E-state index contributed by atoms with van der Waals surface area (Å²) in [5.41, 5.74) is 0.0320. The fourth-order valence-corrected chi connectivity index (χ4v) is 3.92. The summed E-state index contributed by atoms with van der Waals surface area (Å²) in [6.07, 6.45) is 4.14. The average Bonchev–Trinajstić information content (AvgIpc) is 3.02. The molecule has 8 heteroatoms. The van der Waals surface area contributed by atoms with Gasteiger partial charge in [0.1, 0.15) is 17.5 Å². The molecule has 2 atom stereocenters. The van der Waals surface area contributed by atoms with Crippen LogP contribution < -0.4 is 5.69 Å². The van der Waals surface area contributed by atoms with Gasteiger partial charge in [0.25, 0.3) is 0 Å². The predicted octanol–water partition coefficient (Wildman–Crippen LogP) is 0.656. The molecule has 0 aromatic carbocycles. The van der Waals surface area contributed by atoms with Crippen molar-refractivity contribution in [1.82, 2.24) is 24.1 Å². The van der Waals surface area contributed by atoms with E-state index in [1.807, 2.05) is 33.2 Å². The molecule has 0 N–H and O–H groups in total. The maximum atomic E-state index is 12.8. The van der Waals surface area contributed by atoms with Crippen molar-refractivity contribution in [2.24, 2.45) is 13.0 Å². The Bertz CT molecular complexity index is 859. The summed E-state index contributed by atoms with van der Waals surface area (Å²) in [6.45, 7) is 4.14. The van der Waals surface area contributed by atoms with Crippen LogP contribution in [0.1, 0.15) is 44.2 Å². The predicted molar refractivity (Wildman–Crippen MR) is 84.4 cm³/mol. The third-order valence-corrected chi connectivity index (χ3v) is 4.86. The minimum Gasteiger partial charge on any atom is -0.458 e. The number of carbonyl (C=O) groups is 1. The lowest BCUT2D eigenvalue weighted by atomic mass is 9.80. The van der Waals surface area contributed by atoms with Gasteiger partial charge in [0.05, 0.1) is 12.2 Å². The van der Waals surface area contributed by atoms with Gasteiger partial charge in [0.2, 0.25) is 0 Å². The number of aromatic nitrogens is 5. The molecule has 8 nitrogen and oxygen atoms in total. The van der Waals surface area contributed by atoms with E-state index in [0.717, 1.165) is 18.5 Å². The number of hydrogen-bond donors (Lipinski definition) is 0. The first-order valence-electron chi connectivity index (χ1n) is 8.24. The van der Waals surface area contributed by atoms with Gasteiger partial charge in [-0.3, -0.25) is 9.25 Å². The van der Waals surface area contributed by atoms with E-state index in [2.05, 4.69) is 10.2 Å². The topological polar surface area (TPSA) is 83.9 Å². The van der Waals surface area contributed by atoms with Crippen LogP contribution in [0.4, 0.5) is 0 Å². The van der Waals surface area contributed by atoms with Crippen LogP contribution in [0.2, 0.25) is 0 Å². The zero-order valence-corrected chi connectivity index (χ0v) is 14.1. The first-order valence-corrected chi connectivity index (χ1v) is 8.24. The summed E-state index contributed by atoms with van der Waals surface area (Å²) in [4.78, 5) is 25.3. The van der Waals surface area contributed by atoms with E-state index in [-0.39, 0.29) is 17.6 Å². The van der Waals surface area contributed by atoms with Crippen LogP contribution >= 0.6 is 0 Å². The standard InChI is InChI=1S/C16H21N5O3/c1-16(2)8-10-4-5-12-18-20(9-11-6-7-19(3)17-11)15(23)21(12)13(10)14(22)24-16/h6-7,10,13H,4-5,8-9H2,1-3H3. The highest BCUT2D eigenvalue weighted by Crippen LogP contribution is 2.41. The lowest BCUT2D eigenvalue weighted by molar-refractivity contribution is -0.175. The maximum absolute atomic E-state index is 12.8. The van der Waals surface area contributed by atoms with Crippen LogP contribution in [0.5, 0.6) is 0 Å². The van der Waals surface area contributed by atoms with E-state index in [0.29, 0.717) is 18.8 Å². The molecule has 0 aliphatic carbocycles. The van der Waals surface area contributed by atoms with Crippen molar-refractivity contribution in [2.75, 3.05) is 0 Å². The molecule has 2 aromatic heterocycles. The van der Waals surface area contributed by atoms with Gasteiger partial charge < -0.3 is 4.74 Å². The molecule has 24 heavy (non-hydrogen) atoms. The highest BCUT2D eigenvalue weighted by Gasteiger charge is 2.47. The highest BCUT2D eigenvalue weighted by molar-refractivity contribution is 5.76. The van der Waals surface area contributed by atoms with Crippen LogP contribution in [-0.2, 0) is 29.5 Å². The number of ether oxygens (including phenoxy) is 1. The van der Waals surface area contributed by atoms with Gasteiger partial charge >= 0.3 is 11.7 Å². The lowest BCUT2D eigenvalue weighted by Gasteiger charge is -2.41. The van der Waals surface area contributed by atoms with Crippen molar-refractivity contribution in [3.05, 3.63) is 34.3 Å². The Morgan fingerprint density at radius 2 is 2.12 bits per heavy atom. The van der Waals surface area contributed by atoms with Crippen molar-refractivity contribution in [3.63, 3.8) is 0 Å². The number of cyclic esters (lactones) is 1. The van der Waals surface area contributed by atoms with Gasteiger partial charge in [-0.15, -0.1) is 0 Å². The molecular weight excluding hydrogens is 310 g/mol. The molecular formula is C16H21N5O3. The molecule has 4 rings (SSSR count). The van der Waals surface area contributed by atoms with Gasteiger partial charge in [0.15, 0.2) is 0 Å². The summed E-state index contributed by atoms with van der Waals surface area (Å²) in [7, 11) is 1.83. The largest absolute Gasteiger partial charge is 0.458 e. The Balaban J connectivity index is 1.70. The van der Waals surface area contributed by atoms with E-state index in [4.69, 9.17) is 4.74 Å². The van der Waals surface area contributed by atoms with Crippen molar-refractivity contribution < 1.29 is 9.53 Å². The Morgan fingerprint density at radius 3 is 2.83 bits per heavy atom. The molecule has 2 unspecified atom stereocenters. The molecule has 0 amide bonds. The third kappa shape index (κ3) is 2.37. The quantitative estimate of drug-likeness (QED) is 0.755. The number of rotatable bonds is 2. The number of esters is 1. The smallest absolute Gasteiger partial charge is 0.347 e. The molecule has 4 heterocycles. The Kier molecular flexibility index (Phi) is 3.20. The van der Waals surface area contributed by atoms with E-state index in [9.17, 15) is 9.59 Å². The molecule has 1 saturated heterocycles. The normalized spacial score (nSPS) is 25.0. The van der Waals surface area contributed by atoms with Gasteiger partial charge in [0, 0.05) is 19.7 Å². The van der Waals surface area contributed by atoms with Crippen molar-refractivity contribution >= 4 is 5.97 Å². The van der Waals surface area contributed by atoms with Crippen LogP contribution in [0.3, 0.4) is 0 Å². The maximum Gasteiger partial charge on any atom is 0.347 e. The summed E-state index contributed by atoms with van der Waals surface area (Å²) >= 11 is 0. The van der Waals surface area contributed by atoms with Crippen LogP contribution in [0.15, 0.2) is 17.1 Å². The van der Waals surface area contributed by atoms with E-state index in [1.54, 1.807) is 4.68 Å². The second-order valence-corrected chi connectivity index (χ2v) is 7.34. The summed E-state index contributed by atoms with van der Waals surface area (Å²) in [5, 5.41) is 8.71. The molecule has 0 radical (unpaired) electrons. The van der Waals surface area contributed by atoms with E-state index >= 15 is 0 Å². The van der Waals surface area contributed by atoms with Gasteiger partial charge in [-0.2, -0.15) is 10.2 Å². The van der Waals surface area contributed by atoms with Crippen LogP contribution in [0.25, 0.3) is 0 Å². The molecule has 2 aliphatic heterocycles. The second-order valence-electron chi connectivity index (χ2n) is 7.34. The van der Waals surface area contributed by atoms with Crippen molar-refractivity contribution in [3.8, 4) is 0 Å². The number of nitrogens with zero attached hydrogens (tertiary/aromatic N) is 5. The Labute approximate surface area is 139 Å². The zero-order chi connectivity index (χ0) is 17.1. The second kappa shape index (κ2) is 5.06. The third-order valence-electron chi connectivity index (χ3n) is 4.86. The number of fused-ring (bicyclic) bond motifs is 3. The average molecular weight is 331 g/mol. The molecule has 2 aliphatic rings. The fourth-order valence-electron chi connectivity index (χ4n) is 3.92. The lowest BCUT2D eigenvalue weighted by Crippen LogP contribution is -2.49. The summed E-state index contributed by atoms with van der Waals surface area (Å²) < 4.78 is 10.2. The highest BCUT2D eigenvalue weighted by atomic mass is 16.6. The summed E-state index contributed by atoms with van der Waals surface area (Å²) in [6, 6.07) is 1.30. The molecule has 1 fully saturated rings. The number of aryl methyl sites for hydroxylation is 2. The minimum absolute atomic E-state index is 0.124. The Hall–Kier alpha value is -2.38. The molecule has 128 valence electrons. The molecule has 0 bridgehead atoms. The van der Waals surface area contributed by atoms with Gasteiger partial charge in [-0.1, -0.05) is 0 Å². The molecule has 0 spiro atoms. The summed E-state index contributed by atoms with van der Waals surface area (Å²) in [5.74, 6) is 0.462. The van der Waals surface area contributed by atoms with Crippen molar-refractivity contribution in [1.29, 1.82) is 0 Å². The zero-order valence-electron chi connectivity index (χ0n) is 14.1. The van der Waals surface area contributed by atoms with E-state index in [1.165, 1.54) is 9.25 Å². The van der Waals surface area contributed by atoms with Gasteiger partial charge in [-0.05, 0) is 38.7 Å². The Morgan fingerprint density at radius 1 is 1.33 bits per heavy atom. The van der Waals surface area contributed by atoms with E-state index < -0.39 is 11.6 Å². The van der Waals surface area contributed by atoms with Crippen LogP contribution in [-0.4, -0.2) is 35.7 Å². The minimum atomic E-state index is -0.549. The van der Waals surface area contributed by atoms with Gasteiger partial charge in [-0.25, -0.2) is 14.3 Å². The monoisotopic (exact) mass is 331 g/mol. The van der Waals surface area contributed by atoms with Crippen molar-refractivity contribution in [2.45, 2.75) is 51.3 Å². The fraction of sp³-hybridized carbons (Fsp3) is 0.625. The molecule has 0 saturated carbocycles. The number of hydrogen-bond acceptors (Lipinski definition) is 5. The molecule has 2 aromatic rings. The first kappa shape index (κ1) is 15.2. The number of carbonyl (C=O) groups excluding carboxylic acids is 1.